The second kappa shape index (κ2) is 10.4. The van der Waals surface area contributed by atoms with Gasteiger partial charge in [-0.05, 0) is 36.8 Å². The van der Waals surface area contributed by atoms with E-state index in [4.69, 9.17) is 4.99 Å². The van der Waals surface area contributed by atoms with Gasteiger partial charge in [-0.25, -0.2) is 4.99 Å². The number of hydrogen-bond acceptors (Lipinski definition) is 3. The van der Waals surface area contributed by atoms with E-state index in [1.54, 1.807) is 0 Å². The van der Waals surface area contributed by atoms with Gasteiger partial charge in [0.05, 0.1) is 13.2 Å². The molecule has 2 rings (SSSR count). The number of aliphatic imine (C=N–C) groups is 1. The van der Waals surface area contributed by atoms with Gasteiger partial charge in [-0.2, -0.15) is 0 Å². The monoisotopic (exact) mass is 346 g/mol. The topological polar surface area (TPSA) is 59.9 Å². The van der Waals surface area contributed by atoms with Crippen LogP contribution in [0.25, 0.3) is 0 Å². The van der Waals surface area contributed by atoms with Crippen LogP contribution in [0.3, 0.4) is 0 Å². The van der Waals surface area contributed by atoms with Crippen molar-refractivity contribution in [2.45, 2.75) is 52.8 Å². The Hall–Kier alpha value is -1.59. The van der Waals surface area contributed by atoms with Gasteiger partial charge in [0, 0.05) is 32.2 Å². The molecule has 25 heavy (non-hydrogen) atoms. The Morgan fingerprint density at radius 2 is 1.92 bits per heavy atom. The minimum Gasteiger partial charge on any atom is -0.392 e. The molecule has 0 atom stereocenters. The van der Waals surface area contributed by atoms with Gasteiger partial charge < -0.3 is 20.6 Å². The molecule has 1 aliphatic rings. The number of rotatable bonds is 7. The molecule has 140 valence electrons. The van der Waals surface area contributed by atoms with Crippen molar-refractivity contribution in [2.75, 3.05) is 26.2 Å². The van der Waals surface area contributed by atoms with Crippen LogP contribution in [0.1, 0.15) is 44.7 Å². The average molecular weight is 347 g/mol. The first-order valence-electron chi connectivity index (χ1n) is 9.57. The van der Waals surface area contributed by atoms with E-state index in [1.165, 1.54) is 6.54 Å². The Morgan fingerprint density at radius 3 is 2.52 bits per heavy atom. The molecule has 1 saturated heterocycles. The van der Waals surface area contributed by atoms with Gasteiger partial charge in [0.15, 0.2) is 5.96 Å². The summed E-state index contributed by atoms with van der Waals surface area (Å²) in [4.78, 5) is 7.28. The smallest absolute Gasteiger partial charge is 0.191 e. The van der Waals surface area contributed by atoms with E-state index < -0.39 is 0 Å². The van der Waals surface area contributed by atoms with Crippen molar-refractivity contribution in [3.8, 4) is 0 Å². The van der Waals surface area contributed by atoms with Crippen molar-refractivity contribution in [1.29, 1.82) is 0 Å². The second-order valence-electron chi connectivity index (χ2n) is 7.24. The molecule has 1 aromatic rings. The van der Waals surface area contributed by atoms with E-state index in [9.17, 15) is 5.11 Å². The molecule has 0 unspecified atom stereocenters. The SMILES string of the molecule is CCNC(=NCc1ccccc1CO)NC1CCN(CC(C)C)CC1. The van der Waals surface area contributed by atoms with E-state index in [0.717, 1.165) is 55.5 Å². The van der Waals surface area contributed by atoms with Crippen LogP contribution in [0.4, 0.5) is 0 Å². The lowest BCUT2D eigenvalue weighted by Gasteiger charge is -2.34. The molecule has 1 aliphatic heterocycles. The highest BCUT2D eigenvalue weighted by atomic mass is 16.3. The molecule has 3 N–H and O–H groups in total. The van der Waals surface area contributed by atoms with Crippen LogP contribution in [-0.4, -0.2) is 48.2 Å². The van der Waals surface area contributed by atoms with Crippen molar-refractivity contribution in [1.82, 2.24) is 15.5 Å². The van der Waals surface area contributed by atoms with Gasteiger partial charge in [-0.1, -0.05) is 38.1 Å². The highest BCUT2D eigenvalue weighted by Crippen LogP contribution is 2.13. The first-order valence-corrected chi connectivity index (χ1v) is 9.57. The van der Waals surface area contributed by atoms with Crippen molar-refractivity contribution < 1.29 is 5.11 Å². The van der Waals surface area contributed by atoms with Crippen molar-refractivity contribution in [2.24, 2.45) is 10.9 Å². The number of nitrogens with zero attached hydrogens (tertiary/aromatic N) is 2. The Balaban J connectivity index is 1.90. The first-order chi connectivity index (χ1) is 12.1. The minimum atomic E-state index is 0.0595. The second-order valence-corrected chi connectivity index (χ2v) is 7.24. The summed E-state index contributed by atoms with van der Waals surface area (Å²) in [5.41, 5.74) is 2.03. The number of hydrogen-bond donors (Lipinski definition) is 3. The van der Waals surface area contributed by atoms with Gasteiger partial charge in [0.25, 0.3) is 0 Å². The summed E-state index contributed by atoms with van der Waals surface area (Å²) in [6.07, 6.45) is 2.31. The Labute approximate surface area is 152 Å². The summed E-state index contributed by atoms with van der Waals surface area (Å²) < 4.78 is 0. The summed E-state index contributed by atoms with van der Waals surface area (Å²) in [5, 5.41) is 16.4. The predicted octanol–water partition coefficient (Wildman–Crippen LogP) is 2.35. The Morgan fingerprint density at radius 1 is 1.24 bits per heavy atom. The van der Waals surface area contributed by atoms with E-state index in [0.29, 0.717) is 12.6 Å². The quantitative estimate of drug-likeness (QED) is 0.524. The van der Waals surface area contributed by atoms with Crippen molar-refractivity contribution >= 4 is 5.96 Å². The van der Waals surface area contributed by atoms with Crippen LogP contribution in [0, 0.1) is 5.92 Å². The fourth-order valence-corrected chi connectivity index (χ4v) is 3.32. The van der Waals surface area contributed by atoms with Crippen LogP contribution in [0.15, 0.2) is 29.3 Å². The molecule has 0 aromatic heterocycles. The molecule has 1 heterocycles. The molecule has 0 bridgehead atoms. The number of nitrogens with one attached hydrogen (secondary N) is 2. The lowest BCUT2D eigenvalue weighted by Crippen LogP contribution is -2.49. The predicted molar refractivity (Wildman–Crippen MR) is 105 cm³/mol. The van der Waals surface area contributed by atoms with Crippen LogP contribution in [-0.2, 0) is 13.2 Å². The summed E-state index contributed by atoms with van der Waals surface area (Å²) in [6, 6.07) is 8.41. The van der Waals surface area contributed by atoms with Crippen molar-refractivity contribution in [3.05, 3.63) is 35.4 Å². The molecular weight excluding hydrogens is 312 g/mol. The maximum Gasteiger partial charge on any atom is 0.191 e. The molecule has 5 nitrogen and oxygen atoms in total. The number of piperidine rings is 1. The number of aliphatic hydroxyl groups excluding tert-OH is 1. The third-order valence-electron chi connectivity index (χ3n) is 4.59. The van der Waals surface area contributed by atoms with Gasteiger partial charge >= 0.3 is 0 Å². The maximum absolute atomic E-state index is 9.45. The minimum absolute atomic E-state index is 0.0595. The van der Waals surface area contributed by atoms with Crippen LogP contribution in [0.2, 0.25) is 0 Å². The van der Waals surface area contributed by atoms with Gasteiger partial charge in [-0.3, -0.25) is 0 Å². The van der Waals surface area contributed by atoms with Gasteiger partial charge in [-0.15, -0.1) is 0 Å². The number of aliphatic hydroxyl groups is 1. The van der Waals surface area contributed by atoms with E-state index in [1.807, 2.05) is 24.3 Å². The zero-order valence-corrected chi connectivity index (χ0v) is 16.0. The molecular formula is C20H34N4O. The zero-order chi connectivity index (χ0) is 18.1. The summed E-state index contributed by atoms with van der Waals surface area (Å²) in [6.45, 7) is 11.6. The molecule has 0 amide bonds. The third-order valence-corrected chi connectivity index (χ3v) is 4.59. The molecule has 0 spiro atoms. The summed E-state index contributed by atoms with van der Waals surface area (Å²) >= 11 is 0. The largest absolute Gasteiger partial charge is 0.392 e. The lowest BCUT2D eigenvalue weighted by molar-refractivity contribution is 0.187. The molecule has 5 heteroatoms. The highest BCUT2D eigenvalue weighted by molar-refractivity contribution is 5.80. The van der Waals surface area contributed by atoms with Crippen molar-refractivity contribution in [3.63, 3.8) is 0 Å². The number of guanidine groups is 1. The maximum atomic E-state index is 9.45. The van der Waals surface area contributed by atoms with Gasteiger partial charge in [0.1, 0.15) is 0 Å². The van der Waals surface area contributed by atoms with Gasteiger partial charge in [0.2, 0.25) is 0 Å². The van der Waals surface area contributed by atoms with E-state index in [-0.39, 0.29) is 6.61 Å². The molecule has 1 fully saturated rings. The molecule has 0 saturated carbocycles. The van der Waals surface area contributed by atoms with Crippen LogP contribution >= 0.6 is 0 Å². The summed E-state index contributed by atoms with van der Waals surface area (Å²) in [7, 11) is 0. The average Bonchev–Trinajstić information content (AvgIpc) is 2.61. The normalized spacial score (nSPS) is 17.1. The van der Waals surface area contributed by atoms with Crippen LogP contribution < -0.4 is 10.6 Å². The first kappa shape index (κ1) is 19.7. The van der Waals surface area contributed by atoms with Crippen LogP contribution in [0.5, 0.6) is 0 Å². The number of benzene rings is 1. The Kier molecular flexibility index (Phi) is 8.22. The zero-order valence-electron chi connectivity index (χ0n) is 16.0. The standard InChI is InChI=1S/C20H34N4O/c1-4-21-20(22-13-17-7-5-6-8-18(17)15-25)23-19-9-11-24(12-10-19)14-16(2)3/h5-8,16,19,25H,4,9-15H2,1-3H3,(H2,21,22,23). The highest BCUT2D eigenvalue weighted by Gasteiger charge is 2.20. The third kappa shape index (κ3) is 6.67. The molecule has 0 radical (unpaired) electrons. The number of likely N-dealkylation sites (tertiary alicyclic amines) is 1. The molecule has 1 aromatic carbocycles. The van der Waals surface area contributed by atoms with E-state index >= 15 is 0 Å². The van der Waals surface area contributed by atoms with E-state index in [2.05, 4.69) is 36.3 Å². The summed E-state index contributed by atoms with van der Waals surface area (Å²) in [5.74, 6) is 1.60. The molecule has 0 aliphatic carbocycles. The lowest BCUT2D eigenvalue weighted by atomic mass is 10.0. The fraction of sp³-hybridized carbons (Fsp3) is 0.650. The fourth-order valence-electron chi connectivity index (χ4n) is 3.32. The Bertz CT molecular complexity index is 536.